The van der Waals surface area contributed by atoms with E-state index in [1.165, 1.54) is 0 Å². The SMILES string of the molecule is Cc1cccc(CCC(=O)NC(C(=O)O)C2CCCOC2)c1. The molecule has 0 radical (unpaired) electrons. The van der Waals surface area contributed by atoms with Crippen LogP contribution in [-0.4, -0.2) is 36.2 Å². The Bertz CT molecular complexity index is 523. The second-order valence-electron chi connectivity index (χ2n) is 5.85. The number of nitrogens with one attached hydrogen (secondary N) is 1. The molecule has 0 bridgehead atoms. The van der Waals surface area contributed by atoms with E-state index in [4.69, 9.17) is 4.74 Å². The molecule has 1 heterocycles. The zero-order valence-corrected chi connectivity index (χ0v) is 12.9. The normalized spacial score (nSPS) is 19.4. The first-order chi connectivity index (χ1) is 10.6. The van der Waals surface area contributed by atoms with Gasteiger partial charge in [-0.2, -0.15) is 0 Å². The summed E-state index contributed by atoms with van der Waals surface area (Å²) in [4.78, 5) is 23.4. The van der Waals surface area contributed by atoms with Crippen LogP contribution in [0.4, 0.5) is 0 Å². The number of benzene rings is 1. The number of amides is 1. The van der Waals surface area contributed by atoms with Crippen LogP contribution in [0, 0.1) is 12.8 Å². The second-order valence-corrected chi connectivity index (χ2v) is 5.85. The lowest BCUT2D eigenvalue weighted by Crippen LogP contribution is -2.48. The van der Waals surface area contributed by atoms with Crippen LogP contribution in [-0.2, 0) is 20.7 Å². The summed E-state index contributed by atoms with van der Waals surface area (Å²) in [5.41, 5.74) is 2.24. The van der Waals surface area contributed by atoms with Crippen molar-refractivity contribution in [3.8, 4) is 0 Å². The van der Waals surface area contributed by atoms with Gasteiger partial charge in [0.15, 0.2) is 0 Å². The zero-order chi connectivity index (χ0) is 15.9. The molecule has 22 heavy (non-hydrogen) atoms. The molecule has 1 aliphatic heterocycles. The van der Waals surface area contributed by atoms with Gasteiger partial charge in [-0.05, 0) is 31.7 Å². The maximum atomic E-state index is 12.0. The number of carbonyl (C=O) groups excluding carboxylic acids is 1. The minimum atomic E-state index is -0.987. The third-order valence-corrected chi connectivity index (χ3v) is 3.97. The number of hydrogen-bond acceptors (Lipinski definition) is 3. The van der Waals surface area contributed by atoms with Gasteiger partial charge in [0, 0.05) is 18.9 Å². The van der Waals surface area contributed by atoms with Crippen LogP contribution >= 0.6 is 0 Å². The molecule has 2 rings (SSSR count). The Labute approximate surface area is 130 Å². The third kappa shape index (κ3) is 4.84. The number of hydrogen-bond donors (Lipinski definition) is 2. The molecule has 1 saturated heterocycles. The molecule has 1 aromatic carbocycles. The average molecular weight is 305 g/mol. The van der Waals surface area contributed by atoms with Crippen LogP contribution in [0.25, 0.3) is 0 Å². The van der Waals surface area contributed by atoms with E-state index in [-0.39, 0.29) is 11.8 Å². The van der Waals surface area contributed by atoms with Crippen LogP contribution in [0.2, 0.25) is 0 Å². The number of carbonyl (C=O) groups is 2. The molecule has 0 aliphatic carbocycles. The van der Waals surface area contributed by atoms with Gasteiger partial charge < -0.3 is 15.2 Å². The molecule has 1 aromatic rings. The Balaban J connectivity index is 1.86. The van der Waals surface area contributed by atoms with Crippen molar-refractivity contribution in [3.63, 3.8) is 0 Å². The highest BCUT2D eigenvalue weighted by atomic mass is 16.5. The summed E-state index contributed by atoms with van der Waals surface area (Å²) in [5.74, 6) is -1.35. The highest BCUT2D eigenvalue weighted by molar-refractivity contribution is 5.83. The molecule has 5 heteroatoms. The van der Waals surface area contributed by atoms with Crippen molar-refractivity contribution in [2.45, 2.75) is 38.6 Å². The minimum absolute atomic E-state index is 0.144. The number of carboxylic acids is 1. The van der Waals surface area contributed by atoms with Gasteiger partial charge in [0.1, 0.15) is 6.04 Å². The predicted octanol–water partition coefficient (Wildman–Crippen LogP) is 1.92. The van der Waals surface area contributed by atoms with E-state index >= 15 is 0 Å². The molecule has 2 N–H and O–H groups in total. The van der Waals surface area contributed by atoms with E-state index in [1.807, 2.05) is 31.2 Å². The van der Waals surface area contributed by atoms with E-state index < -0.39 is 12.0 Å². The predicted molar refractivity (Wildman–Crippen MR) is 82.6 cm³/mol. The standard InChI is InChI=1S/C17H23NO4/c1-12-4-2-5-13(10-12)7-8-15(19)18-16(17(20)21)14-6-3-9-22-11-14/h2,4-5,10,14,16H,3,6-9,11H2,1H3,(H,18,19)(H,20,21). The van der Waals surface area contributed by atoms with E-state index in [0.29, 0.717) is 26.1 Å². The Morgan fingerprint density at radius 1 is 1.45 bits per heavy atom. The number of carboxylic acid groups (broad SMARTS) is 1. The summed E-state index contributed by atoms with van der Waals surface area (Å²) in [6, 6.07) is 7.13. The molecule has 0 aromatic heterocycles. The Kier molecular flexibility index (Phi) is 5.95. The summed E-state index contributed by atoms with van der Waals surface area (Å²) < 4.78 is 5.32. The smallest absolute Gasteiger partial charge is 0.326 e. The molecule has 2 unspecified atom stereocenters. The van der Waals surface area contributed by atoms with Crippen LogP contribution < -0.4 is 5.32 Å². The first kappa shape index (κ1) is 16.5. The molecule has 1 fully saturated rings. The summed E-state index contributed by atoms with van der Waals surface area (Å²) >= 11 is 0. The van der Waals surface area contributed by atoms with E-state index in [0.717, 1.165) is 24.0 Å². The average Bonchev–Trinajstić information content (AvgIpc) is 2.51. The van der Waals surface area contributed by atoms with Gasteiger partial charge in [0.2, 0.25) is 5.91 Å². The van der Waals surface area contributed by atoms with Gasteiger partial charge in [0.25, 0.3) is 0 Å². The fourth-order valence-electron chi connectivity index (χ4n) is 2.78. The number of ether oxygens (including phenoxy) is 1. The van der Waals surface area contributed by atoms with Crippen LogP contribution in [0.15, 0.2) is 24.3 Å². The van der Waals surface area contributed by atoms with Gasteiger partial charge in [0.05, 0.1) is 6.61 Å². The minimum Gasteiger partial charge on any atom is -0.480 e. The lowest BCUT2D eigenvalue weighted by atomic mass is 9.93. The fraction of sp³-hybridized carbons (Fsp3) is 0.529. The van der Waals surface area contributed by atoms with Crippen molar-refractivity contribution in [3.05, 3.63) is 35.4 Å². The van der Waals surface area contributed by atoms with E-state index in [1.54, 1.807) is 0 Å². The van der Waals surface area contributed by atoms with Gasteiger partial charge in [-0.1, -0.05) is 29.8 Å². The van der Waals surface area contributed by atoms with Crippen molar-refractivity contribution in [1.82, 2.24) is 5.32 Å². The van der Waals surface area contributed by atoms with Crippen molar-refractivity contribution in [2.24, 2.45) is 5.92 Å². The molecule has 120 valence electrons. The first-order valence-corrected chi connectivity index (χ1v) is 7.71. The lowest BCUT2D eigenvalue weighted by Gasteiger charge is -2.28. The highest BCUT2D eigenvalue weighted by Gasteiger charge is 2.31. The molecule has 2 atom stereocenters. The molecule has 0 saturated carbocycles. The molecule has 1 amide bonds. The Hall–Kier alpha value is -1.88. The number of aryl methyl sites for hydroxylation is 2. The Morgan fingerprint density at radius 2 is 2.27 bits per heavy atom. The molecule has 5 nitrogen and oxygen atoms in total. The third-order valence-electron chi connectivity index (χ3n) is 3.97. The zero-order valence-electron chi connectivity index (χ0n) is 12.9. The summed E-state index contributed by atoms with van der Waals surface area (Å²) in [5, 5.41) is 12.0. The lowest BCUT2D eigenvalue weighted by molar-refractivity contribution is -0.145. The van der Waals surface area contributed by atoms with E-state index in [2.05, 4.69) is 5.32 Å². The molecule has 0 spiro atoms. The molecule has 1 aliphatic rings. The van der Waals surface area contributed by atoms with Crippen molar-refractivity contribution >= 4 is 11.9 Å². The quantitative estimate of drug-likeness (QED) is 0.842. The van der Waals surface area contributed by atoms with Gasteiger partial charge in [-0.25, -0.2) is 4.79 Å². The molecular formula is C17H23NO4. The summed E-state index contributed by atoms with van der Waals surface area (Å²) in [6.45, 7) is 3.08. The van der Waals surface area contributed by atoms with Crippen LogP contribution in [0.3, 0.4) is 0 Å². The van der Waals surface area contributed by atoms with Gasteiger partial charge in [-0.3, -0.25) is 4.79 Å². The summed E-state index contributed by atoms with van der Waals surface area (Å²) in [6.07, 6.45) is 2.52. The summed E-state index contributed by atoms with van der Waals surface area (Å²) in [7, 11) is 0. The number of rotatable bonds is 6. The largest absolute Gasteiger partial charge is 0.480 e. The first-order valence-electron chi connectivity index (χ1n) is 7.71. The monoisotopic (exact) mass is 305 g/mol. The second kappa shape index (κ2) is 7.94. The van der Waals surface area contributed by atoms with Crippen LogP contribution in [0.5, 0.6) is 0 Å². The van der Waals surface area contributed by atoms with Gasteiger partial charge >= 0.3 is 5.97 Å². The fourth-order valence-corrected chi connectivity index (χ4v) is 2.78. The molecular weight excluding hydrogens is 282 g/mol. The maximum Gasteiger partial charge on any atom is 0.326 e. The van der Waals surface area contributed by atoms with Crippen molar-refractivity contribution in [1.29, 1.82) is 0 Å². The Morgan fingerprint density at radius 3 is 2.91 bits per heavy atom. The maximum absolute atomic E-state index is 12.0. The number of aliphatic carboxylic acids is 1. The van der Waals surface area contributed by atoms with E-state index in [9.17, 15) is 14.7 Å². The highest BCUT2D eigenvalue weighted by Crippen LogP contribution is 2.18. The topological polar surface area (TPSA) is 75.6 Å². The van der Waals surface area contributed by atoms with Crippen molar-refractivity contribution in [2.75, 3.05) is 13.2 Å². The van der Waals surface area contributed by atoms with Crippen LogP contribution in [0.1, 0.15) is 30.4 Å². The van der Waals surface area contributed by atoms with Gasteiger partial charge in [-0.15, -0.1) is 0 Å². The van der Waals surface area contributed by atoms with Crippen molar-refractivity contribution < 1.29 is 19.4 Å².